The van der Waals surface area contributed by atoms with Gasteiger partial charge in [-0.15, -0.1) is 0 Å². The second-order valence-corrected chi connectivity index (χ2v) is 8.54. The largest absolute Gasteiger partial charge is 0.354 e. The van der Waals surface area contributed by atoms with Crippen molar-refractivity contribution < 1.29 is 4.79 Å². The van der Waals surface area contributed by atoms with Gasteiger partial charge < -0.3 is 10.6 Å². The first-order valence-electron chi connectivity index (χ1n) is 9.55. The van der Waals surface area contributed by atoms with E-state index in [1.165, 1.54) is 0 Å². The van der Waals surface area contributed by atoms with Crippen LogP contribution in [-0.4, -0.2) is 10.9 Å². The van der Waals surface area contributed by atoms with Crippen LogP contribution < -0.4 is 10.6 Å². The van der Waals surface area contributed by atoms with Gasteiger partial charge in [-0.2, -0.15) is 5.26 Å². The Labute approximate surface area is 195 Å². The molecule has 0 aliphatic carbocycles. The maximum atomic E-state index is 14.0. The third-order valence-corrected chi connectivity index (χ3v) is 6.20. The van der Waals surface area contributed by atoms with Crippen LogP contribution in [-0.2, 0) is 0 Å². The average Bonchev–Trinajstić information content (AvgIpc) is 2.80. The summed E-state index contributed by atoms with van der Waals surface area (Å²) >= 11 is 17.6. The van der Waals surface area contributed by atoms with Crippen molar-refractivity contribution in [3.05, 3.63) is 106 Å². The number of halogens is 2. The fourth-order valence-corrected chi connectivity index (χ4v) is 4.46. The van der Waals surface area contributed by atoms with Crippen LogP contribution >= 0.6 is 35.4 Å². The lowest BCUT2D eigenvalue weighted by molar-refractivity contribution is 0.0740. The van der Waals surface area contributed by atoms with Crippen molar-refractivity contribution in [3.63, 3.8) is 0 Å². The van der Waals surface area contributed by atoms with Gasteiger partial charge in [0.1, 0.15) is 0 Å². The fourth-order valence-electron chi connectivity index (χ4n) is 3.97. The Balaban J connectivity index is 1.95. The summed E-state index contributed by atoms with van der Waals surface area (Å²) in [6, 6.07) is 23.9. The zero-order valence-electron chi connectivity index (χ0n) is 16.2. The Morgan fingerprint density at radius 2 is 1.29 bits per heavy atom. The zero-order valence-corrected chi connectivity index (χ0v) is 18.5. The molecule has 0 unspecified atom stereocenters. The average molecular weight is 466 g/mol. The monoisotopic (exact) mass is 465 g/mol. The lowest BCUT2D eigenvalue weighted by Gasteiger charge is -2.46. The van der Waals surface area contributed by atoms with Crippen molar-refractivity contribution in [3.8, 4) is 6.07 Å². The molecule has 31 heavy (non-hydrogen) atoms. The number of carbonyl (C=O) groups is 1. The van der Waals surface area contributed by atoms with Crippen molar-refractivity contribution in [1.29, 1.82) is 5.26 Å². The van der Waals surface area contributed by atoms with Crippen molar-refractivity contribution >= 4 is 46.3 Å². The van der Waals surface area contributed by atoms with Gasteiger partial charge in [0.15, 0.2) is 16.3 Å². The minimum Gasteiger partial charge on any atom is -0.354 e. The third-order valence-electron chi connectivity index (χ3n) is 5.46. The molecule has 154 valence electrons. The number of hydrogen-bond donors (Lipinski definition) is 2. The van der Waals surface area contributed by atoms with E-state index in [1.807, 2.05) is 6.07 Å². The van der Waals surface area contributed by atoms with Crippen LogP contribution in [0.3, 0.4) is 0 Å². The lowest BCUT2D eigenvalue weighted by atomic mass is 9.65. The van der Waals surface area contributed by atoms with E-state index in [0.29, 0.717) is 20.7 Å². The highest BCUT2D eigenvalue weighted by molar-refractivity contribution is 7.80. The number of benzene rings is 3. The van der Waals surface area contributed by atoms with Crippen LogP contribution in [0.2, 0.25) is 10.0 Å². The summed E-state index contributed by atoms with van der Waals surface area (Å²) < 4.78 is 0. The van der Waals surface area contributed by atoms with Crippen molar-refractivity contribution in [2.45, 2.75) is 12.1 Å². The van der Waals surface area contributed by atoms with E-state index < -0.39 is 17.5 Å². The molecule has 3 aromatic carbocycles. The molecule has 1 fully saturated rings. The number of rotatable bonds is 4. The van der Waals surface area contributed by atoms with Crippen molar-refractivity contribution in [1.82, 2.24) is 10.6 Å². The third kappa shape index (κ3) is 3.90. The quantitative estimate of drug-likeness (QED) is 0.385. The molecule has 2 N–H and O–H groups in total. The van der Waals surface area contributed by atoms with E-state index in [9.17, 15) is 10.1 Å². The lowest BCUT2D eigenvalue weighted by Crippen LogP contribution is -2.60. The molecule has 4 nitrogen and oxygen atoms in total. The maximum absolute atomic E-state index is 14.0. The molecular weight excluding hydrogens is 449 g/mol. The Morgan fingerprint density at radius 3 is 1.71 bits per heavy atom. The first-order valence-corrected chi connectivity index (χ1v) is 10.7. The molecule has 1 aliphatic heterocycles. The molecule has 0 aromatic heterocycles. The van der Waals surface area contributed by atoms with Crippen molar-refractivity contribution in [2.75, 3.05) is 0 Å². The molecule has 0 radical (unpaired) electrons. The molecule has 7 heteroatoms. The Morgan fingerprint density at radius 1 is 0.839 bits per heavy atom. The summed E-state index contributed by atoms with van der Waals surface area (Å²) in [4.78, 5) is 14.0. The van der Waals surface area contributed by atoms with Gasteiger partial charge in [-0.3, -0.25) is 4.79 Å². The van der Waals surface area contributed by atoms with Crippen LogP contribution in [0.25, 0.3) is 0 Å². The topological polar surface area (TPSA) is 64.9 Å². The Kier molecular flexibility index (Phi) is 5.97. The maximum Gasteiger partial charge on any atom is 0.188 e. The number of hydrogen-bond acceptors (Lipinski definition) is 3. The van der Waals surface area contributed by atoms with E-state index in [1.54, 1.807) is 72.8 Å². The smallest absolute Gasteiger partial charge is 0.188 e. The van der Waals surface area contributed by atoms with Crippen LogP contribution in [0.15, 0.2) is 78.9 Å². The Bertz CT molecular complexity index is 1100. The number of nitrogens with zero attached hydrogens (tertiary/aromatic N) is 1. The zero-order chi connectivity index (χ0) is 22.0. The summed E-state index contributed by atoms with van der Waals surface area (Å²) in [5, 5.41) is 18.4. The minimum atomic E-state index is -1.54. The summed E-state index contributed by atoms with van der Waals surface area (Å²) in [6.45, 7) is 0. The van der Waals surface area contributed by atoms with Gasteiger partial charge in [0.05, 0.1) is 18.2 Å². The van der Waals surface area contributed by atoms with E-state index in [4.69, 9.17) is 35.4 Å². The summed E-state index contributed by atoms with van der Waals surface area (Å²) in [5.41, 5.74) is 0.375. The van der Waals surface area contributed by atoms with Gasteiger partial charge in [-0.05, 0) is 47.6 Å². The van der Waals surface area contributed by atoms with Gasteiger partial charge in [-0.25, -0.2) is 0 Å². The molecule has 2 atom stereocenters. The van der Waals surface area contributed by atoms with Crippen LogP contribution in [0.5, 0.6) is 0 Å². The summed E-state index contributed by atoms with van der Waals surface area (Å²) in [7, 11) is 0. The SMILES string of the molecule is N#CC1(C(=O)c2ccccc2)[C@@H](c2ccc(Cl)cc2)NC(=S)N[C@@H]1c1ccc(Cl)cc1. The van der Waals surface area contributed by atoms with Gasteiger partial charge >= 0.3 is 0 Å². The molecule has 0 saturated carbocycles. The summed E-state index contributed by atoms with van der Waals surface area (Å²) in [6.07, 6.45) is 0. The molecule has 0 amide bonds. The number of thiocarbonyl (C=S) groups is 1. The molecule has 1 aliphatic rings. The molecule has 1 saturated heterocycles. The number of ketones is 1. The highest BCUT2D eigenvalue weighted by Crippen LogP contribution is 2.48. The predicted molar refractivity (Wildman–Crippen MR) is 126 cm³/mol. The molecule has 4 rings (SSSR count). The van der Waals surface area contributed by atoms with E-state index >= 15 is 0 Å². The van der Waals surface area contributed by atoms with E-state index in [0.717, 1.165) is 11.1 Å². The highest BCUT2D eigenvalue weighted by Gasteiger charge is 2.56. The summed E-state index contributed by atoms with van der Waals surface area (Å²) in [5.74, 6) is -0.307. The molecular formula is C24H17Cl2N3OS. The standard InChI is InChI=1S/C24H17Cl2N3OS/c25-18-10-6-15(7-11-18)20-24(14-27,22(30)17-4-2-1-3-5-17)21(29-23(31)28-20)16-8-12-19(26)13-9-16/h1-13,20-21H,(H2,28,29,31)/t20-,21-/m1/s1. The highest BCUT2D eigenvalue weighted by atomic mass is 35.5. The van der Waals surface area contributed by atoms with E-state index in [-0.39, 0.29) is 5.78 Å². The first-order chi connectivity index (χ1) is 15.0. The van der Waals surface area contributed by atoms with Gasteiger partial charge in [-0.1, -0.05) is 77.8 Å². The van der Waals surface area contributed by atoms with Crippen molar-refractivity contribution in [2.24, 2.45) is 5.41 Å². The molecule has 0 spiro atoms. The second-order valence-electron chi connectivity index (χ2n) is 7.26. The number of carbonyl (C=O) groups excluding carboxylic acids is 1. The first kappa shape index (κ1) is 21.3. The molecule has 1 heterocycles. The Hall–Kier alpha value is -2.91. The fraction of sp³-hybridized carbons (Fsp3) is 0.125. The number of Topliss-reactive ketones (excluding diaryl/α,β-unsaturated/α-hetero) is 1. The van der Waals surface area contributed by atoms with Crippen LogP contribution in [0.4, 0.5) is 0 Å². The van der Waals surface area contributed by atoms with Crippen LogP contribution in [0.1, 0.15) is 33.6 Å². The van der Waals surface area contributed by atoms with Gasteiger partial charge in [0.2, 0.25) is 0 Å². The number of nitrogens with one attached hydrogen (secondary N) is 2. The minimum absolute atomic E-state index is 0.307. The molecule has 3 aromatic rings. The van der Waals surface area contributed by atoms with Crippen LogP contribution in [0, 0.1) is 16.7 Å². The number of nitriles is 1. The van der Waals surface area contributed by atoms with Gasteiger partial charge in [0, 0.05) is 15.6 Å². The predicted octanol–water partition coefficient (Wildman–Crippen LogP) is 5.65. The van der Waals surface area contributed by atoms with Gasteiger partial charge in [0.25, 0.3) is 0 Å². The molecule has 0 bridgehead atoms. The van der Waals surface area contributed by atoms with E-state index in [2.05, 4.69) is 16.7 Å². The normalized spacial score (nSPS) is 19.6. The second kappa shape index (κ2) is 8.68.